The highest BCUT2D eigenvalue weighted by Crippen LogP contribution is 2.27. The van der Waals surface area contributed by atoms with Gasteiger partial charge in [0.2, 0.25) is 0 Å². The number of carbonyl (C=O) groups excluding carboxylic acids is 1. The summed E-state index contributed by atoms with van der Waals surface area (Å²) in [7, 11) is 0. The highest BCUT2D eigenvalue weighted by atomic mass is 16.3. The van der Waals surface area contributed by atoms with Crippen LogP contribution in [0.5, 0.6) is 0 Å². The van der Waals surface area contributed by atoms with Crippen LogP contribution in [0.3, 0.4) is 0 Å². The van der Waals surface area contributed by atoms with Gasteiger partial charge >= 0.3 is 0 Å². The van der Waals surface area contributed by atoms with Gasteiger partial charge in [-0.2, -0.15) is 0 Å². The molecule has 1 unspecified atom stereocenters. The van der Waals surface area contributed by atoms with Gasteiger partial charge in [0.15, 0.2) is 5.76 Å². The maximum atomic E-state index is 12.1. The van der Waals surface area contributed by atoms with E-state index in [4.69, 9.17) is 8.83 Å². The zero-order chi connectivity index (χ0) is 16.2. The van der Waals surface area contributed by atoms with Crippen molar-refractivity contribution in [3.05, 3.63) is 47.8 Å². The van der Waals surface area contributed by atoms with Crippen LogP contribution < -0.4 is 5.32 Å². The van der Waals surface area contributed by atoms with Gasteiger partial charge in [-0.25, -0.2) is 0 Å². The third-order valence-electron chi connectivity index (χ3n) is 4.55. The van der Waals surface area contributed by atoms with Crippen molar-refractivity contribution in [1.29, 1.82) is 0 Å². The maximum absolute atomic E-state index is 12.1. The monoisotopic (exact) mass is 316 g/mol. The van der Waals surface area contributed by atoms with Crippen LogP contribution in [-0.2, 0) is 0 Å². The summed E-state index contributed by atoms with van der Waals surface area (Å²) in [6, 6.07) is 7.44. The van der Waals surface area contributed by atoms with E-state index in [0.717, 1.165) is 30.5 Å². The lowest BCUT2D eigenvalue weighted by Crippen LogP contribution is -2.41. The smallest absolute Gasteiger partial charge is 0.287 e. The Morgan fingerprint density at radius 2 is 2.13 bits per heavy atom. The van der Waals surface area contributed by atoms with Crippen LogP contribution >= 0.6 is 0 Å². The summed E-state index contributed by atoms with van der Waals surface area (Å²) in [5.41, 5.74) is 0. The standard InChI is InChI=1S/C18H24N2O3/c1-13-7-9-20(10-8-13)15(16-6-5-14(2)23-16)12-19-18(21)17-4-3-11-22-17/h3-6,11,13,15H,7-10,12H2,1-2H3,(H,19,21). The lowest BCUT2D eigenvalue weighted by atomic mass is 9.97. The number of nitrogens with zero attached hydrogens (tertiary/aromatic N) is 1. The lowest BCUT2D eigenvalue weighted by molar-refractivity contribution is 0.0870. The van der Waals surface area contributed by atoms with E-state index in [1.54, 1.807) is 12.1 Å². The quantitative estimate of drug-likeness (QED) is 0.918. The summed E-state index contributed by atoms with van der Waals surface area (Å²) in [4.78, 5) is 14.5. The van der Waals surface area contributed by atoms with Gasteiger partial charge in [-0.3, -0.25) is 9.69 Å². The first-order valence-corrected chi connectivity index (χ1v) is 8.25. The molecule has 1 aliphatic rings. The molecule has 124 valence electrons. The Morgan fingerprint density at radius 1 is 1.35 bits per heavy atom. The van der Waals surface area contributed by atoms with Crippen LogP contribution in [0, 0.1) is 12.8 Å². The first kappa shape index (κ1) is 15.9. The van der Waals surface area contributed by atoms with Crippen molar-refractivity contribution in [2.24, 2.45) is 5.92 Å². The van der Waals surface area contributed by atoms with E-state index in [9.17, 15) is 4.79 Å². The van der Waals surface area contributed by atoms with E-state index in [1.807, 2.05) is 19.1 Å². The number of carbonyl (C=O) groups is 1. The molecule has 23 heavy (non-hydrogen) atoms. The van der Waals surface area contributed by atoms with E-state index < -0.39 is 0 Å². The largest absolute Gasteiger partial charge is 0.465 e. The third kappa shape index (κ3) is 3.85. The number of piperidine rings is 1. The van der Waals surface area contributed by atoms with Crippen LogP contribution in [-0.4, -0.2) is 30.4 Å². The fourth-order valence-electron chi connectivity index (χ4n) is 3.07. The molecule has 0 spiro atoms. The van der Waals surface area contributed by atoms with Gasteiger partial charge in [-0.05, 0) is 63.0 Å². The normalized spacial score (nSPS) is 18.0. The Labute approximate surface area is 136 Å². The predicted molar refractivity (Wildman–Crippen MR) is 87.2 cm³/mol. The van der Waals surface area contributed by atoms with Gasteiger partial charge in [0.05, 0.1) is 12.3 Å². The highest BCUT2D eigenvalue weighted by molar-refractivity contribution is 5.91. The van der Waals surface area contributed by atoms with E-state index >= 15 is 0 Å². The van der Waals surface area contributed by atoms with Crippen molar-refractivity contribution >= 4 is 5.91 Å². The number of hydrogen-bond donors (Lipinski definition) is 1. The second-order valence-corrected chi connectivity index (χ2v) is 6.37. The van der Waals surface area contributed by atoms with Crippen molar-refractivity contribution in [2.75, 3.05) is 19.6 Å². The molecule has 0 aromatic carbocycles. The van der Waals surface area contributed by atoms with Gasteiger partial charge in [0.1, 0.15) is 11.5 Å². The Bertz CT molecular complexity index is 624. The van der Waals surface area contributed by atoms with Crippen molar-refractivity contribution in [1.82, 2.24) is 10.2 Å². The van der Waals surface area contributed by atoms with Crippen molar-refractivity contribution in [3.8, 4) is 0 Å². The molecule has 5 heteroatoms. The molecule has 1 fully saturated rings. The minimum atomic E-state index is -0.186. The fraction of sp³-hybridized carbons (Fsp3) is 0.500. The first-order chi connectivity index (χ1) is 11.1. The molecule has 1 atom stereocenters. The van der Waals surface area contributed by atoms with Crippen molar-refractivity contribution in [3.63, 3.8) is 0 Å². The molecule has 0 aliphatic carbocycles. The summed E-state index contributed by atoms with van der Waals surface area (Å²) >= 11 is 0. The minimum Gasteiger partial charge on any atom is -0.465 e. The van der Waals surface area contributed by atoms with E-state index in [0.29, 0.717) is 12.3 Å². The molecule has 1 saturated heterocycles. The topological polar surface area (TPSA) is 58.6 Å². The predicted octanol–water partition coefficient (Wildman–Crippen LogP) is 3.38. The molecular formula is C18H24N2O3. The van der Waals surface area contributed by atoms with Gasteiger partial charge < -0.3 is 14.2 Å². The zero-order valence-electron chi connectivity index (χ0n) is 13.7. The van der Waals surface area contributed by atoms with Gasteiger partial charge in [-0.15, -0.1) is 0 Å². The van der Waals surface area contributed by atoms with Crippen LogP contribution in [0.1, 0.15) is 47.9 Å². The summed E-state index contributed by atoms with van der Waals surface area (Å²) in [6.07, 6.45) is 3.87. The Hall–Kier alpha value is -2.01. The number of rotatable bonds is 5. The minimum absolute atomic E-state index is 0.0649. The van der Waals surface area contributed by atoms with E-state index in [2.05, 4.69) is 17.1 Å². The van der Waals surface area contributed by atoms with E-state index in [1.165, 1.54) is 19.1 Å². The molecular weight excluding hydrogens is 292 g/mol. The maximum Gasteiger partial charge on any atom is 0.287 e. The summed E-state index contributed by atoms with van der Waals surface area (Å²) < 4.78 is 11.0. The molecule has 5 nitrogen and oxygen atoms in total. The summed E-state index contributed by atoms with van der Waals surface area (Å²) in [5.74, 6) is 2.73. The van der Waals surface area contributed by atoms with Crippen LogP contribution in [0.25, 0.3) is 0 Å². The molecule has 0 radical (unpaired) electrons. The number of furan rings is 2. The van der Waals surface area contributed by atoms with Gasteiger partial charge in [0, 0.05) is 6.54 Å². The van der Waals surface area contributed by atoms with Crippen LogP contribution in [0.4, 0.5) is 0 Å². The summed E-state index contributed by atoms with van der Waals surface area (Å²) in [5, 5.41) is 2.97. The van der Waals surface area contributed by atoms with Crippen molar-refractivity contribution < 1.29 is 13.6 Å². The SMILES string of the molecule is Cc1ccc(C(CNC(=O)c2ccco2)N2CCC(C)CC2)o1. The average molecular weight is 316 g/mol. The molecule has 1 N–H and O–H groups in total. The number of likely N-dealkylation sites (tertiary alicyclic amines) is 1. The molecule has 3 heterocycles. The summed E-state index contributed by atoms with van der Waals surface area (Å²) in [6.45, 7) is 6.81. The van der Waals surface area contributed by atoms with Crippen LogP contribution in [0.15, 0.2) is 39.4 Å². The average Bonchev–Trinajstić information content (AvgIpc) is 3.21. The first-order valence-electron chi connectivity index (χ1n) is 8.25. The van der Waals surface area contributed by atoms with Crippen molar-refractivity contribution in [2.45, 2.75) is 32.7 Å². The number of amides is 1. The van der Waals surface area contributed by atoms with Gasteiger partial charge in [0.25, 0.3) is 5.91 Å². The zero-order valence-corrected chi connectivity index (χ0v) is 13.7. The second kappa shape index (κ2) is 7.04. The van der Waals surface area contributed by atoms with Crippen LogP contribution in [0.2, 0.25) is 0 Å². The molecule has 1 amide bonds. The number of aryl methyl sites for hydroxylation is 1. The fourth-order valence-corrected chi connectivity index (χ4v) is 3.07. The lowest BCUT2D eigenvalue weighted by Gasteiger charge is -2.35. The molecule has 3 rings (SSSR count). The van der Waals surface area contributed by atoms with E-state index in [-0.39, 0.29) is 11.9 Å². The molecule has 2 aromatic heterocycles. The molecule has 1 aliphatic heterocycles. The Morgan fingerprint density at radius 3 is 2.74 bits per heavy atom. The molecule has 0 saturated carbocycles. The Balaban J connectivity index is 1.69. The highest BCUT2D eigenvalue weighted by Gasteiger charge is 2.27. The Kier molecular flexibility index (Phi) is 4.86. The number of nitrogens with one attached hydrogen (secondary N) is 1. The molecule has 0 bridgehead atoms. The third-order valence-corrected chi connectivity index (χ3v) is 4.55. The second-order valence-electron chi connectivity index (χ2n) is 6.37. The van der Waals surface area contributed by atoms with Gasteiger partial charge in [-0.1, -0.05) is 6.92 Å². The number of hydrogen-bond acceptors (Lipinski definition) is 4. The molecule has 2 aromatic rings.